The van der Waals surface area contributed by atoms with Crippen LogP contribution in [0.1, 0.15) is 30.0 Å². The fraction of sp³-hybridized carbons (Fsp3) is 0.185. The minimum absolute atomic E-state index is 0.126. The largest absolute Gasteiger partial charge is 0.507 e. The molecule has 2 heterocycles. The van der Waals surface area contributed by atoms with Crippen molar-refractivity contribution in [1.29, 1.82) is 0 Å². The van der Waals surface area contributed by atoms with Gasteiger partial charge < -0.3 is 10.0 Å². The summed E-state index contributed by atoms with van der Waals surface area (Å²) in [5.41, 5.74) is 1.75. The Hall–Kier alpha value is -3.64. The van der Waals surface area contributed by atoms with Crippen LogP contribution in [-0.4, -0.2) is 29.9 Å². The van der Waals surface area contributed by atoms with Gasteiger partial charge in [0.1, 0.15) is 11.6 Å². The predicted molar refractivity (Wildman–Crippen MR) is 131 cm³/mol. The Labute approximate surface area is 201 Å². The molecule has 0 bridgehead atoms. The lowest BCUT2D eigenvalue weighted by Crippen LogP contribution is -2.30. The van der Waals surface area contributed by atoms with E-state index in [0.29, 0.717) is 16.3 Å². The minimum atomic E-state index is -1.12. The van der Waals surface area contributed by atoms with E-state index in [-0.39, 0.29) is 16.9 Å². The zero-order chi connectivity index (χ0) is 23.8. The number of amides is 1. The van der Waals surface area contributed by atoms with Gasteiger partial charge in [-0.25, -0.2) is 4.39 Å². The maximum atomic E-state index is 15.0. The molecule has 0 saturated carbocycles. The second kappa shape index (κ2) is 8.95. The molecule has 7 heteroatoms. The first-order chi connectivity index (χ1) is 16.5. The van der Waals surface area contributed by atoms with Crippen molar-refractivity contribution in [1.82, 2.24) is 0 Å². The Morgan fingerprint density at radius 3 is 2.15 bits per heavy atom. The van der Waals surface area contributed by atoms with Gasteiger partial charge in [-0.3, -0.25) is 14.5 Å². The second-order valence-corrected chi connectivity index (χ2v) is 8.84. The number of rotatable bonds is 4. The number of hydrogen-bond donors (Lipinski definition) is 1. The molecule has 0 radical (unpaired) electrons. The van der Waals surface area contributed by atoms with E-state index >= 15 is 0 Å². The molecule has 2 aliphatic heterocycles. The number of benzene rings is 3. The summed E-state index contributed by atoms with van der Waals surface area (Å²) in [5, 5.41) is 11.5. The third kappa shape index (κ3) is 3.84. The van der Waals surface area contributed by atoms with Gasteiger partial charge in [-0.05, 0) is 67.4 Å². The van der Waals surface area contributed by atoms with Gasteiger partial charge >= 0.3 is 0 Å². The molecule has 34 heavy (non-hydrogen) atoms. The molecule has 172 valence electrons. The fourth-order valence-electron chi connectivity index (χ4n) is 4.65. The molecule has 2 saturated heterocycles. The summed E-state index contributed by atoms with van der Waals surface area (Å²) in [6.45, 7) is 1.94. The number of halogens is 2. The lowest BCUT2D eigenvalue weighted by atomic mass is 9.94. The zero-order valence-electron chi connectivity index (χ0n) is 18.2. The third-order valence-electron chi connectivity index (χ3n) is 6.36. The van der Waals surface area contributed by atoms with Crippen molar-refractivity contribution in [2.45, 2.75) is 18.9 Å². The summed E-state index contributed by atoms with van der Waals surface area (Å²) < 4.78 is 15.0. The smallest absolute Gasteiger partial charge is 0.300 e. The van der Waals surface area contributed by atoms with Crippen molar-refractivity contribution in [3.8, 4) is 0 Å². The van der Waals surface area contributed by atoms with Crippen molar-refractivity contribution in [3.05, 3.63) is 100 Å². The number of carbonyl (C=O) groups excluding carboxylic acids is 2. The number of carbonyl (C=O) groups is 2. The molecule has 1 N–H and O–H groups in total. The molecule has 3 aromatic rings. The second-order valence-electron chi connectivity index (χ2n) is 8.41. The standard InChI is InChI=1S/C27H22ClFN2O3/c28-18-9-7-17(8-10-18)25(32)23-24(21-5-1-2-6-22(21)29)31(27(34)26(23)33)20-13-11-19(12-14-20)30-15-3-4-16-30/h1-2,5-14,24,32H,3-4,15-16H2/b25-23+. The number of aliphatic hydroxyl groups excluding tert-OH is 1. The minimum Gasteiger partial charge on any atom is -0.507 e. The van der Waals surface area contributed by atoms with Crippen LogP contribution in [0.4, 0.5) is 15.8 Å². The molecule has 2 aliphatic rings. The first-order valence-electron chi connectivity index (χ1n) is 11.1. The topological polar surface area (TPSA) is 60.9 Å². The van der Waals surface area contributed by atoms with Crippen LogP contribution in [0.5, 0.6) is 0 Å². The van der Waals surface area contributed by atoms with E-state index in [1.807, 2.05) is 12.1 Å². The zero-order valence-corrected chi connectivity index (χ0v) is 19.0. The molecule has 5 rings (SSSR count). The molecule has 1 atom stereocenters. The number of Topliss-reactive ketones (excluding diaryl/α,β-unsaturated/α-hetero) is 1. The molecule has 1 amide bonds. The number of aliphatic hydroxyl groups is 1. The highest BCUT2D eigenvalue weighted by molar-refractivity contribution is 6.51. The van der Waals surface area contributed by atoms with Crippen LogP contribution >= 0.6 is 11.6 Å². The highest BCUT2D eigenvalue weighted by Crippen LogP contribution is 2.43. The number of ketones is 1. The van der Waals surface area contributed by atoms with E-state index in [9.17, 15) is 19.1 Å². The summed E-state index contributed by atoms with van der Waals surface area (Å²) in [5.74, 6) is -2.64. The molecular formula is C27H22ClFN2O3. The molecular weight excluding hydrogens is 455 g/mol. The van der Waals surface area contributed by atoms with Gasteiger partial charge in [-0.15, -0.1) is 0 Å². The quantitative estimate of drug-likeness (QED) is 0.298. The molecule has 5 nitrogen and oxygen atoms in total. The monoisotopic (exact) mass is 476 g/mol. The maximum Gasteiger partial charge on any atom is 0.300 e. The van der Waals surface area contributed by atoms with Gasteiger partial charge in [0.2, 0.25) is 0 Å². The Balaban J connectivity index is 1.64. The number of nitrogens with zero attached hydrogens (tertiary/aromatic N) is 2. The van der Waals surface area contributed by atoms with Crippen molar-refractivity contribution in [2.24, 2.45) is 0 Å². The molecule has 0 spiro atoms. The van der Waals surface area contributed by atoms with E-state index in [0.717, 1.165) is 31.6 Å². The van der Waals surface area contributed by atoms with Crippen molar-refractivity contribution in [3.63, 3.8) is 0 Å². The molecule has 0 aliphatic carbocycles. The predicted octanol–water partition coefficient (Wildman–Crippen LogP) is 5.71. The Morgan fingerprint density at radius 1 is 0.882 bits per heavy atom. The third-order valence-corrected chi connectivity index (χ3v) is 6.61. The van der Waals surface area contributed by atoms with Crippen molar-refractivity contribution < 1.29 is 19.1 Å². The van der Waals surface area contributed by atoms with Crippen LogP contribution in [0, 0.1) is 5.82 Å². The van der Waals surface area contributed by atoms with E-state index in [1.165, 1.54) is 23.1 Å². The van der Waals surface area contributed by atoms with E-state index < -0.39 is 23.5 Å². The lowest BCUT2D eigenvalue weighted by molar-refractivity contribution is -0.132. The van der Waals surface area contributed by atoms with Gasteiger partial charge in [-0.1, -0.05) is 29.8 Å². The highest BCUT2D eigenvalue weighted by atomic mass is 35.5. The average molecular weight is 477 g/mol. The lowest BCUT2D eigenvalue weighted by Gasteiger charge is -2.26. The van der Waals surface area contributed by atoms with Gasteiger partial charge in [0.25, 0.3) is 11.7 Å². The SMILES string of the molecule is O=C1C(=O)N(c2ccc(N3CCCC3)cc2)C(c2ccccc2F)/C1=C(\O)c1ccc(Cl)cc1. The average Bonchev–Trinajstić information content (AvgIpc) is 3.47. The fourth-order valence-corrected chi connectivity index (χ4v) is 4.78. The van der Waals surface area contributed by atoms with Crippen molar-refractivity contribution in [2.75, 3.05) is 22.9 Å². The Morgan fingerprint density at radius 2 is 1.50 bits per heavy atom. The summed E-state index contributed by atoms with van der Waals surface area (Å²) in [4.78, 5) is 29.9. The van der Waals surface area contributed by atoms with Crippen LogP contribution in [0.25, 0.3) is 5.76 Å². The van der Waals surface area contributed by atoms with Gasteiger partial charge in [-0.2, -0.15) is 0 Å². The van der Waals surface area contributed by atoms with Crippen LogP contribution in [0.15, 0.2) is 78.4 Å². The molecule has 3 aromatic carbocycles. The molecule has 2 fully saturated rings. The van der Waals surface area contributed by atoms with Crippen LogP contribution in [0.3, 0.4) is 0 Å². The summed E-state index contributed by atoms with van der Waals surface area (Å²) in [7, 11) is 0. The normalized spacial score (nSPS) is 19.8. The first-order valence-corrected chi connectivity index (χ1v) is 11.5. The van der Waals surface area contributed by atoms with E-state index in [1.54, 1.807) is 42.5 Å². The number of hydrogen-bond acceptors (Lipinski definition) is 4. The highest BCUT2D eigenvalue weighted by Gasteiger charge is 2.47. The van der Waals surface area contributed by atoms with Crippen LogP contribution in [-0.2, 0) is 9.59 Å². The van der Waals surface area contributed by atoms with E-state index in [4.69, 9.17) is 11.6 Å². The first kappa shape index (κ1) is 22.2. The van der Waals surface area contributed by atoms with Crippen LogP contribution < -0.4 is 9.80 Å². The molecule has 0 aromatic heterocycles. The summed E-state index contributed by atoms with van der Waals surface area (Å²) >= 11 is 5.96. The number of anilines is 2. The van der Waals surface area contributed by atoms with Gasteiger partial charge in [0.05, 0.1) is 11.6 Å². The Kier molecular flexibility index (Phi) is 5.84. The Bertz CT molecular complexity index is 1280. The van der Waals surface area contributed by atoms with Gasteiger partial charge in [0, 0.05) is 40.6 Å². The van der Waals surface area contributed by atoms with Crippen molar-refractivity contribution >= 4 is 40.4 Å². The molecule has 1 unspecified atom stereocenters. The van der Waals surface area contributed by atoms with Gasteiger partial charge in [0.15, 0.2) is 0 Å². The van der Waals surface area contributed by atoms with Crippen LogP contribution in [0.2, 0.25) is 5.02 Å². The van der Waals surface area contributed by atoms with E-state index in [2.05, 4.69) is 4.90 Å². The maximum absolute atomic E-state index is 15.0. The summed E-state index contributed by atoms with van der Waals surface area (Å²) in [6, 6.07) is 18.4. The summed E-state index contributed by atoms with van der Waals surface area (Å²) in [6.07, 6.45) is 2.27.